The van der Waals surface area contributed by atoms with Crippen LogP contribution in [0.1, 0.15) is 22.3 Å². The van der Waals surface area contributed by atoms with Crippen LogP contribution in [0.15, 0.2) is 146 Å². The molecule has 0 saturated carbocycles. The molecule has 0 bridgehead atoms. The second-order valence-electron chi connectivity index (χ2n) is 13.7. The highest BCUT2D eigenvalue weighted by atomic mass is 31.2. The SMILES string of the molecule is NC(=O)[C@H](Cc1ccc(-c2ccccc2)cc1)NC(=O)[C@H](Cc1c[nH]c2ccccc12)NC(=O)CP(=O)(O)C(Cc1ccccc1)NC(=O)OCc1ccccc1. The molecule has 13 heteroatoms. The Labute approximate surface area is 330 Å². The fourth-order valence-electron chi connectivity index (χ4n) is 6.51. The fraction of sp³-hybridized carbons (Fsp3) is 0.182. The fourth-order valence-corrected chi connectivity index (χ4v) is 8.04. The summed E-state index contributed by atoms with van der Waals surface area (Å²) >= 11 is 0. The molecule has 57 heavy (non-hydrogen) atoms. The number of carbonyl (C=O) groups is 4. The predicted molar refractivity (Wildman–Crippen MR) is 219 cm³/mol. The van der Waals surface area contributed by atoms with E-state index in [4.69, 9.17) is 10.5 Å². The topological polar surface area (TPSA) is 193 Å². The molecule has 6 aromatic rings. The lowest BCUT2D eigenvalue weighted by atomic mass is 9.99. The van der Waals surface area contributed by atoms with Gasteiger partial charge in [0.15, 0.2) is 0 Å². The van der Waals surface area contributed by atoms with Crippen molar-refractivity contribution in [3.05, 3.63) is 168 Å². The van der Waals surface area contributed by atoms with Crippen molar-refractivity contribution in [1.29, 1.82) is 0 Å². The highest BCUT2D eigenvalue weighted by Gasteiger charge is 2.37. The van der Waals surface area contributed by atoms with Gasteiger partial charge in [0.05, 0.1) is 0 Å². The quantitative estimate of drug-likeness (QED) is 0.0626. The van der Waals surface area contributed by atoms with Gasteiger partial charge in [-0.1, -0.05) is 133 Å². The molecule has 12 nitrogen and oxygen atoms in total. The summed E-state index contributed by atoms with van der Waals surface area (Å²) in [5.74, 6) is -3.80. The van der Waals surface area contributed by atoms with Gasteiger partial charge in [0, 0.05) is 36.4 Å². The number of benzene rings is 5. The van der Waals surface area contributed by atoms with Gasteiger partial charge in [-0.2, -0.15) is 0 Å². The van der Waals surface area contributed by atoms with E-state index in [1.54, 1.807) is 60.8 Å². The summed E-state index contributed by atoms with van der Waals surface area (Å²) in [6, 6.07) is 40.0. The third-order valence-electron chi connectivity index (χ3n) is 9.54. The minimum atomic E-state index is -4.52. The van der Waals surface area contributed by atoms with E-state index in [1.165, 1.54) is 0 Å². The van der Waals surface area contributed by atoms with Crippen LogP contribution in [0.3, 0.4) is 0 Å². The number of alkyl carbamates (subject to hydrolysis) is 1. The average Bonchev–Trinajstić information content (AvgIpc) is 3.63. The van der Waals surface area contributed by atoms with Gasteiger partial charge in [-0.05, 0) is 39.4 Å². The molecule has 2 unspecified atom stereocenters. The normalized spacial score (nSPS) is 13.7. The van der Waals surface area contributed by atoms with E-state index in [1.807, 2.05) is 84.9 Å². The lowest BCUT2D eigenvalue weighted by Crippen LogP contribution is -2.54. The molecule has 6 rings (SSSR count). The van der Waals surface area contributed by atoms with Gasteiger partial charge in [-0.15, -0.1) is 0 Å². The van der Waals surface area contributed by atoms with Crippen molar-refractivity contribution in [2.45, 2.75) is 43.7 Å². The number of aromatic nitrogens is 1. The zero-order chi connectivity index (χ0) is 40.2. The van der Waals surface area contributed by atoms with Crippen LogP contribution in [0, 0.1) is 0 Å². The predicted octanol–water partition coefficient (Wildman–Crippen LogP) is 5.84. The Balaban J connectivity index is 1.18. The van der Waals surface area contributed by atoms with Crippen LogP contribution in [0.25, 0.3) is 22.0 Å². The van der Waals surface area contributed by atoms with Crippen molar-refractivity contribution in [1.82, 2.24) is 20.9 Å². The number of nitrogens with two attached hydrogens (primary N) is 1. The Bertz CT molecular complexity index is 2340. The number of H-pyrrole nitrogens is 1. The molecule has 0 aliphatic heterocycles. The van der Waals surface area contributed by atoms with Crippen LogP contribution in [0.5, 0.6) is 0 Å². The maximum atomic E-state index is 14.0. The third kappa shape index (κ3) is 11.3. The third-order valence-corrected chi connectivity index (χ3v) is 11.6. The Kier molecular flexibility index (Phi) is 13.3. The van der Waals surface area contributed by atoms with Crippen molar-refractivity contribution < 1.29 is 33.4 Å². The van der Waals surface area contributed by atoms with Crippen LogP contribution in [-0.4, -0.2) is 57.7 Å². The van der Waals surface area contributed by atoms with E-state index in [9.17, 15) is 28.6 Å². The van der Waals surface area contributed by atoms with Gasteiger partial charge < -0.3 is 36.3 Å². The summed E-state index contributed by atoms with van der Waals surface area (Å²) in [6.45, 7) is -0.0726. The minimum absolute atomic E-state index is 0.0217. The Morgan fingerprint density at radius 3 is 1.89 bits per heavy atom. The number of amides is 4. The number of hydrogen-bond acceptors (Lipinski definition) is 6. The highest BCUT2D eigenvalue weighted by molar-refractivity contribution is 7.59. The number of para-hydroxylation sites is 1. The monoisotopic (exact) mass is 785 g/mol. The summed E-state index contributed by atoms with van der Waals surface area (Å²) < 4.78 is 19.4. The lowest BCUT2D eigenvalue weighted by Gasteiger charge is -2.26. The van der Waals surface area contributed by atoms with Crippen molar-refractivity contribution >= 4 is 42.1 Å². The summed E-state index contributed by atoms with van der Waals surface area (Å²) in [6.07, 6.45) is -0.148. The highest BCUT2D eigenvalue weighted by Crippen LogP contribution is 2.46. The van der Waals surface area contributed by atoms with Gasteiger partial charge >= 0.3 is 6.09 Å². The lowest BCUT2D eigenvalue weighted by molar-refractivity contribution is -0.130. The summed E-state index contributed by atoms with van der Waals surface area (Å²) in [7, 11) is -4.52. The second kappa shape index (κ2) is 18.9. The van der Waals surface area contributed by atoms with E-state index >= 15 is 0 Å². The van der Waals surface area contributed by atoms with Crippen LogP contribution in [0.2, 0.25) is 0 Å². The molecule has 0 spiro atoms. The zero-order valence-electron chi connectivity index (χ0n) is 31.0. The van der Waals surface area contributed by atoms with Gasteiger partial charge in [-0.3, -0.25) is 18.9 Å². The summed E-state index contributed by atoms with van der Waals surface area (Å²) in [5, 5.41) is 8.65. The number of carbonyl (C=O) groups excluding carboxylic acids is 4. The first-order valence-electron chi connectivity index (χ1n) is 18.4. The molecule has 0 saturated heterocycles. The first-order chi connectivity index (χ1) is 27.5. The van der Waals surface area contributed by atoms with Crippen LogP contribution in [-0.2, 0) is 49.6 Å². The molecule has 1 aromatic heterocycles. The van der Waals surface area contributed by atoms with E-state index in [0.717, 1.165) is 33.2 Å². The van der Waals surface area contributed by atoms with Crippen LogP contribution >= 0.6 is 7.37 Å². The first kappa shape index (κ1) is 40.2. The summed E-state index contributed by atoms with van der Waals surface area (Å²) in [5.41, 5.74) is 11.4. The van der Waals surface area contributed by atoms with E-state index in [-0.39, 0.29) is 25.9 Å². The maximum Gasteiger partial charge on any atom is 0.408 e. The van der Waals surface area contributed by atoms with E-state index in [2.05, 4.69) is 20.9 Å². The van der Waals surface area contributed by atoms with Gasteiger partial charge in [0.2, 0.25) is 25.1 Å². The van der Waals surface area contributed by atoms with Crippen molar-refractivity contribution in [3.63, 3.8) is 0 Å². The smallest absolute Gasteiger partial charge is 0.408 e. The second-order valence-corrected chi connectivity index (χ2v) is 16.2. The summed E-state index contributed by atoms with van der Waals surface area (Å²) in [4.78, 5) is 67.9. The number of primary amides is 1. The van der Waals surface area contributed by atoms with E-state index in [0.29, 0.717) is 11.1 Å². The standard InChI is InChI=1S/C44H44N5O7P/c45-42(51)38(24-31-20-22-34(23-21-31)33-16-8-3-9-17-33)48-43(52)39(26-35-27-46-37-19-11-10-18-36(35)37)47-40(50)29-57(54,55)41(25-30-12-4-1-5-13-30)49-44(53)56-28-32-14-6-2-7-15-32/h1-23,27,38-39,41,46H,24-26,28-29H2,(H2,45,51)(H,47,50)(H,48,52)(H,49,53)(H,54,55)/t38-,39-,41?/m0/s1. The van der Waals surface area contributed by atoms with Gasteiger partial charge in [0.25, 0.3) is 0 Å². The van der Waals surface area contributed by atoms with Crippen molar-refractivity contribution in [2.75, 3.05) is 6.16 Å². The zero-order valence-corrected chi connectivity index (χ0v) is 31.9. The Hall–Kier alpha value is -6.49. The number of hydrogen-bond donors (Lipinski definition) is 6. The van der Waals surface area contributed by atoms with Crippen molar-refractivity contribution in [3.8, 4) is 11.1 Å². The van der Waals surface area contributed by atoms with Gasteiger partial charge in [-0.25, -0.2) is 4.79 Å². The van der Waals surface area contributed by atoms with E-state index < -0.39 is 55.2 Å². The van der Waals surface area contributed by atoms with Crippen LogP contribution in [0.4, 0.5) is 4.79 Å². The first-order valence-corrected chi connectivity index (χ1v) is 20.4. The number of nitrogens with one attached hydrogen (secondary N) is 4. The van der Waals surface area contributed by atoms with Gasteiger partial charge in [0.1, 0.15) is 30.6 Å². The minimum Gasteiger partial charge on any atom is -0.445 e. The molecule has 4 atom stereocenters. The number of rotatable bonds is 17. The number of fused-ring (bicyclic) bond motifs is 1. The molecule has 5 aromatic carbocycles. The molecule has 7 N–H and O–H groups in total. The Morgan fingerprint density at radius 2 is 1.23 bits per heavy atom. The molecule has 0 fully saturated rings. The molecule has 1 heterocycles. The van der Waals surface area contributed by atoms with Crippen LogP contribution < -0.4 is 21.7 Å². The molecular weight excluding hydrogens is 741 g/mol. The molecule has 4 amide bonds. The molecule has 292 valence electrons. The molecular formula is C44H44N5O7P. The van der Waals surface area contributed by atoms with Crippen molar-refractivity contribution in [2.24, 2.45) is 5.73 Å². The molecule has 0 radical (unpaired) electrons. The largest absolute Gasteiger partial charge is 0.445 e. The Morgan fingerprint density at radius 1 is 0.649 bits per heavy atom. The number of ether oxygens (including phenoxy) is 1. The average molecular weight is 786 g/mol. The number of aromatic amines is 1. The maximum absolute atomic E-state index is 14.0. The molecule has 0 aliphatic rings. The molecule has 0 aliphatic carbocycles.